The maximum absolute atomic E-state index is 12.6. The highest BCUT2D eigenvalue weighted by Gasteiger charge is 2.64. The van der Waals surface area contributed by atoms with E-state index < -0.39 is 5.66 Å². The second kappa shape index (κ2) is 6.07. The number of nitrogens with zero attached hydrogens (tertiary/aromatic N) is 3. The number of hydrogen-bond acceptors (Lipinski definition) is 6. The number of anilines is 2. The van der Waals surface area contributed by atoms with E-state index in [9.17, 15) is 9.59 Å². The molecule has 27 heavy (non-hydrogen) atoms. The van der Waals surface area contributed by atoms with Gasteiger partial charge in [-0.25, -0.2) is 9.97 Å². The van der Waals surface area contributed by atoms with Crippen molar-refractivity contribution in [2.45, 2.75) is 51.6 Å². The normalized spacial score (nSPS) is 24.3. The molecule has 1 saturated heterocycles. The maximum Gasteiger partial charge on any atom is 0.270 e. The molecule has 2 amide bonds. The lowest BCUT2D eigenvalue weighted by atomic mass is 9.51. The molecule has 3 aliphatic rings. The van der Waals surface area contributed by atoms with E-state index in [1.54, 1.807) is 11.0 Å². The fourth-order valence-electron chi connectivity index (χ4n) is 4.73. The summed E-state index contributed by atoms with van der Waals surface area (Å²) >= 11 is 0. The second-order valence-electron chi connectivity index (χ2n) is 7.98. The van der Waals surface area contributed by atoms with Crippen molar-refractivity contribution in [3.8, 4) is 0 Å². The van der Waals surface area contributed by atoms with Gasteiger partial charge >= 0.3 is 0 Å². The Labute approximate surface area is 157 Å². The zero-order valence-electron chi connectivity index (χ0n) is 15.6. The van der Waals surface area contributed by atoms with E-state index in [-0.39, 0.29) is 5.91 Å². The molecule has 0 radical (unpaired) electrons. The third-order valence-corrected chi connectivity index (χ3v) is 5.94. The van der Waals surface area contributed by atoms with Crippen LogP contribution in [0.3, 0.4) is 0 Å². The number of aromatic nitrogens is 2. The first-order valence-corrected chi connectivity index (χ1v) is 9.17. The number of amides is 2. The quantitative estimate of drug-likeness (QED) is 0.552. The van der Waals surface area contributed by atoms with Crippen molar-refractivity contribution in [2.24, 2.45) is 5.41 Å². The van der Waals surface area contributed by atoms with Crippen LogP contribution in [0.5, 0.6) is 0 Å². The fourth-order valence-corrected chi connectivity index (χ4v) is 4.73. The number of hydrogen-bond donors (Lipinski definition) is 3. The Kier molecular flexibility index (Phi) is 3.94. The van der Waals surface area contributed by atoms with E-state index in [4.69, 9.17) is 5.73 Å². The Morgan fingerprint density at radius 1 is 1.33 bits per heavy atom. The largest absolute Gasteiger partial charge is 0.384 e. The highest BCUT2D eigenvalue weighted by atomic mass is 16.2. The molecule has 1 aromatic rings. The third-order valence-electron chi connectivity index (χ3n) is 5.94. The van der Waals surface area contributed by atoms with Crippen molar-refractivity contribution in [3.05, 3.63) is 35.4 Å². The summed E-state index contributed by atoms with van der Waals surface area (Å²) in [5, 5.41) is 6.19. The predicted octanol–water partition coefficient (Wildman–Crippen LogP) is 1.90. The summed E-state index contributed by atoms with van der Waals surface area (Å²) in [6.45, 7) is 3.70. The van der Waals surface area contributed by atoms with Gasteiger partial charge in [-0.3, -0.25) is 14.5 Å². The predicted molar refractivity (Wildman–Crippen MR) is 101 cm³/mol. The summed E-state index contributed by atoms with van der Waals surface area (Å²) in [4.78, 5) is 34.0. The van der Waals surface area contributed by atoms with Gasteiger partial charge in [-0.1, -0.05) is 6.42 Å². The molecule has 0 bridgehead atoms. The minimum absolute atomic E-state index is 0.191. The summed E-state index contributed by atoms with van der Waals surface area (Å²) < 4.78 is 0. The van der Waals surface area contributed by atoms with Crippen molar-refractivity contribution in [2.75, 3.05) is 11.1 Å². The molecule has 2 spiro atoms. The molecule has 2 heterocycles. The van der Waals surface area contributed by atoms with Crippen molar-refractivity contribution < 1.29 is 9.59 Å². The molecule has 8 heteroatoms. The number of allylic oxidation sites excluding steroid dienone is 3. The second-order valence-corrected chi connectivity index (χ2v) is 7.98. The van der Waals surface area contributed by atoms with E-state index in [0.29, 0.717) is 22.7 Å². The number of carbonyl (C=O) groups is 2. The molecule has 2 saturated carbocycles. The van der Waals surface area contributed by atoms with Crippen molar-refractivity contribution in [3.63, 3.8) is 0 Å². The van der Waals surface area contributed by atoms with Crippen molar-refractivity contribution in [1.29, 1.82) is 0 Å². The lowest BCUT2D eigenvalue weighted by Crippen LogP contribution is -2.66. The molecule has 1 aliphatic heterocycles. The fraction of sp³-hybridized carbons (Fsp3) is 0.474. The van der Waals surface area contributed by atoms with Crippen LogP contribution in [-0.2, 0) is 9.59 Å². The standard InChI is InChI=1S/C19H24N6O2/c1-12(6-13(2)23-15-7-14(20)21-10-22-15)16-17(27)24-19(25(16)11-26)8-18(9-19)4-3-5-18/h6-7,10-11H,3-5,8-9H2,1-2H3,(H,24,27)(H3,20,21,22,23)/b13-6+,16-12-. The van der Waals surface area contributed by atoms with Crippen LogP contribution < -0.4 is 16.4 Å². The van der Waals surface area contributed by atoms with Gasteiger partial charge in [-0.15, -0.1) is 0 Å². The first-order valence-electron chi connectivity index (χ1n) is 9.17. The Hall–Kier alpha value is -2.90. The van der Waals surface area contributed by atoms with Crippen LogP contribution in [0.1, 0.15) is 46.0 Å². The number of rotatable bonds is 4. The Balaban J connectivity index is 1.57. The first-order chi connectivity index (χ1) is 12.9. The smallest absolute Gasteiger partial charge is 0.270 e. The van der Waals surface area contributed by atoms with Gasteiger partial charge in [0.05, 0.1) is 0 Å². The van der Waals surface area contributed by atoms with E-state index in [0.717, 1.165) is 30.5 Å². The number of nitrogens with two attached hydrogens (primary N) is 1. The van der Waals surface area contributed by atoms with Crippen LogP contribution in [0.2, 0.25) is 0 Å². The zero-order valence-corrected chi connectivity index (χ0v) is 15.6. The van der Waals surface area contributed by atoms with Gasteiger partial charge in [0.1, 0.15) is 29.3 Å². The summed E-state index contributed by atoms with van der Waals surface area (Å²) in [6, 6.07) is 1.63. The lowest BCUT2D eigenvalue weighted by Gasteiger charge is -2.61. The van der Waals surface area contributed by atoms with Crippen molar-refractivity contribution in [1.82, 2.24) is 20.2 Å². The molecule has 142 valence electrons. The molecule has 2 aliphatic carbocycles. The van der Waals surface area contributed by atoms with Crippen LogP contribution >= 0.6 is 0 Å². The molecular formula is C19H24N6O2. The van der Waals surface area contributed by atoms with Gasteiger partial charge < -0.3 is 16.4 Å². The average Bonchev–Trinajstić information content (AvgIpc) is 2.83. The van der Waals surface area contributed by atoms with Gasteiger partial charge in [-0.2, -0.15) is 0 Å². The van der Waals surface area contributed by atoms with Gasteiger partial charge in [0, 0.05) is 11.8 Å². The molecule has 0 aromatic carbocycles. The van der Waals surface area contributed by atoms with Crippen LogP contribution in [-0.4, -0.2) is 32.8 Å². The summed E-state index contributed by atoms with van der Waals surface area (Å²) in [5.74, 6) is 0.748. The molecule has 1 aromatic heterocycles. The van der Waals surface area contributed by atoms with Gasteiger partial charge in [-0.05, 0) is 56.6 Å². The van der Waals surface area contributed by atoms with Crippen LogP contribution in [0.25, 0.3) is 0 Å². The summed E-state index contributed by atoms with van der Waals surface area (Å²) in [5.41, 5.74) is 7.38. The van der Waals surface area contributed by atoms with Gasteiger partial charge in [0.15, 0.2) is 0 Å². The highest BCUT2D eigenvalue weighted by Crippen LogP contribution is 2.62. The molecular weight excluding hydrogens is 344 g/mol. The number of nitrogens with one attached hydrogen (secondary N) is 2. The maximum atomic E-state index is 12.6. The minimum Gasteiger partial charge on any atom is -0.384 e. The average molecular weight is 368 g/mol. The van der Waals surface area contributed by atoms with E-state index in [1.807, 2.05) is 19.9 Å². The van der Waals surface area contributed by atoms with Crippen LogP contribution in [0.15, 0.2) is 35.4 Å². The summed E-state index contributed by atoms with van der Waals surface area (Å²) in [6.07, 6.45) is 9.33. The lowest BCUT2D eigenvalue weighted by molar-refractivity contribution is -0.142. The third kappa shape index (κ3) is 2.85. The van der Waals surface area contributed by atoms with Crippen LogP contribution in [0.4, 0.5) is 11.6 Å². The zero-order chi connectivity index (χ0) is 19.2. The van der Waals surface area contributed by atoms with Gasteiger partial charge in [0.25, 0.3) is 5.91 Å². The van der Waals surface area contributed by atoms with E-state index >= 15 is 0 Å². The molecule has 4 N–H and O–H groups in total. The molecule has 3 fully saturated rings. The monoisotopic (exact) mass is 368 g/mol. The molecule has 0 atom stereocenters. The number of nitrogen functional groups attached to an aromatic ring is 1. The molecule has 8 nitrogen and oxygen atoms in total. The van der Waals surface area contributed by atoms with E-state index in [2.05, 4.69) is 20.6 Å². The van der Waals surface area contributed by atoms with Crippen molar-refractivity contribution >= 4 is 24.0 Å². The summed E-state index contributed by atoms with van der Waals surface area (Å²) in [7, 11) is 0. The first kappa shape index (κ1) is 17.5. The van der Waals surface area contributed by atoms with E-state index in [1.165, 1.54) is 25.6 Å². The topological polar surface area (TPSA) is 113 Å². The SMILES string of the molecule is CC(/C=C(\C)Nc1cc(N)ncn1)=C1\C(=O)NC2(CC3(CCC3)C2)N1C=O. The Bertz CT molecular complexity index is 863. The number of carbonyl (C=O) groups excluding carboxylic acids is 2. The minimum atomic E-state index is -0.536. The molecule has 0 unspecified atom stereocenters. The highest BCUT2D eigenvalue weighted by molar-refractivity contribution is 6.00. The van der Waals surface area contributed by atoms with Gasteiger partial charge in [0.2, 0.25) is 6.41 Å². The molecule has 4 rings (SSSR count). The van der Waals surface area contributed by atoms with Crippen LogP contribution in [0, 0.1) is 5.41 Å². The Morgan fingerprint density at radius 2 is 2.07 bits per heavy atom. The Morgan fingerprint density at radius 3 is 2.67 bits per heavy atom.